The zero-order chi connectivity index (χ0) is 15.6. The Balaban J connectivity index is 2.25. The number of halogens is 3. The number of rotatable bonds is 3. The first-order valence-corrected chi connectivity index (χ1v) is 7.43. The third-order valence-electron chi connectivity index (χ3n) is 3.95. The predicted octanol–water partition coefficient (Wildman–Crippen LogP) is 3.62. The number of alkyl halides is 3. The smallest absolute Gasteiger partial charge is 0.312 e. The van der Waals surface area contributed by atoms with Gasteiger partial charge in [0.25, 0.3) is 0 Å². The van der Waals surface area contributed by atoms with E-state index in [1.54, 1.807) is 6.07 Å². The van der Waals surface area contributed by atoms with Gasteiger partial charge in [0, 0.05) is 32.2 Å². The summed E-state index contributed by atoms with van der Waals surface area (Å²) in [7, 11) is 0. The van der Waals surface area contributed by atoms with E-state index in [0.29, 0.717) is 18.2 Å². The average molecular weight is 300 g/mol. The standard InChI is InChI=1S/C16H23F3N2/c1-11(2)13-4-5-14(15(8-13)16(17,18)19)10-21-7-6-20-12(3)9-21/h4-5,8,11-12,20H,6-7,9-10H2,1-3H3. The molecule has 1 fully saturated rings. The van der Waals surface area contributed by atoms with Gasteiger partial charge in [0.05, 0.1) is 5.56 Å². The van der Waals surface area contributed by atoms with Gasteiger partial charge in [0.2, 0.25) is 0 Å². The first-order chi connectivity index (χ1) is 9.77. The number of benzene rings is 1. The van der Waals surface area contributed by atoms with Gasteiger partial charge in [-0.05, 0) is 30.0 Å². The Bertz CT molecular complexity index is 483. The third kappa shape index (κ3) is 4.20. The van der Waals surface area contributed by atoms with E-state index in [0.717, 1.165) is 25.2 Å². The molecule has 1 N–H and O–H groups in total. The van der Waals surface area contributed by atoms with E-state index in [2.05, 4.69) is 17.1 Å². The lowest BCUT2D eigenvalue weighted by atomic mass is 9.96. The second kappa shape index (κ2) is 6.36. The summed E-state index contributed by atoms with van der Waals surface area (Å²) in [6, 6.07) is 5.10. The summed E-state index contributed by atoms with van der Waals surface area (Å²) in [5.74, 6) is 0.0966. The molecule has 1 saturated heterocycles. The Labute approximate surface area is 124 Å². The molecule has 0 saturated carbocycles. The van der Waals surface area contributed by atoms with Crippen LogP contribution in [-0.4, -0.2) is 30.6 Å². The number of piperazine rings is 1. The van der Waals surface area contributed by atoms with E-state index < -0.39 is 11.7 Å². The molecule has 0 aromatic heterocycles. The van der Waals surface area contributed by atoms with Crippen molar-refractivity contribution in [3.63, 3.8) is 0 Å². The van der Waals surface area contributed by atoms with Crippen LogP contribution in [0.5, 0.6) is 0 Å². The number of hydrogen-bond acceptors (Lipinski definition) is 2. The molecular formula is C16H23F3N2. The van der Waals surface area contributed by atoms with Crippen molar-refractivity contribution in [2.75, 3.05) is 19.6 Å². The Morgan fingerprint density at radius 2 is 2.05 bits per heavy atom. The highest BCUT2D eigenvalue weighted by molar-refractivity contribution is 5.35. The minimum atomic E-state index is -4.29. The maximum absolute atomic E-state index is 13.3. The Morgan fingerprint density at radius 3 is 2.62 bits per heavy atom. The molecule has 21 heavy (non-hydrogen) atoms. The van der Waals surface area contributed by atoms with Crippen LogP contribution in [0.15, 0.2) is 18.2 Å². The molecule has 0 radical (unpaired) electrons. The summed E-state index contributed by atoms with van der Waals surface area (Å²) in [5, 5.41) is 3.30. The van der Waals surface area contributed by atoms with Crippen LogP contribution in [0.3, 0.4) is 0 Å². The topological polar surface area (TPSA) is 15.3 Å². The highest BCUT2D eigenvalue weighted by Crippen LogP contribution is 2.34. The van der Waals surface area contributed by atoms with Crippen molar-refractivity contribution >= 4 is 0 Å². The van der Waals surface area contributed by atoms with Gasteiger partial charge in [-0.1, -0.05) is 26.0 Å². The molecule has 1 aliphatic rings. The fourth-order valence-corrected chi connectivity index (χ4v) is 2.75. The summed E-state index contributed by atoms with van der Waals surface area (Å²) in [5.41, 5.74) is 0.626. The van der Waals surface area contributed by atoms with Gasteiger partial charge < -0.3 is 5.32 Å². The van der Waals surface area contributed by atoms with E-state index in [4.69, 9.17) is 0 Å². The molecule has 2 nitrogen and oxygen atoms in total. The second-order valence-corrected chi connectivity index (χ2v) is 6.16. The SMILES string of the molecule is CC1CN(Cc2ccc(C(C)C)cc2C(F)(F)F)CCN1. The van der Waals surface area contributed by atoms with Crippen LogP contribution in [0.1, 0.15) is 43.4 Å². The number of nitrogens with zero attached hydrogens (tertiary/aromatic N) is 1. The van der Waals surface area contributed by atoms with Gasteiger partial charge in [-0.3, -0.25) is 4.90 Å². The summed E-state index contributed by atoms with van der Waals surface area (Å²) >= 11 is 0. The van der Waals surface area contributed by atoms with Gasteiger partial charge in [0.1, 0.15) is 0 Å². The van der Waals surface area contributed by atoms with Crippen LogP contribution in [0.2, 0.25) is 0 Å². The van der Waals surface area contributed by atoms with Gasteiger partial charge in [-0.15, -0.1) is 0 Å². The molecule has 118 valence electrons. The van der Waals surface area contributed by atoms with Crippen molar-refractivity contribution < 1.29 is 13.2 Å². The van der Waals surface area contributed by atoms with E-state index in [1.165, 1.54) is 6.07 Å². The largest absolute Gasteiger partial charge is 0.416 e. The molecule has 1 heterocycles. The molecule has 0 spiro atoms. The monoisotopic (exact) mass is 300 g/mol. The molecule has 0 bridgehead atoms. The Morgan fingerprint density at radius 1 is 1.33 bits per heavy atom. The lowest BCUT2D eigenvalue weighted by Gasteiger charge is -2.32. The fourth-order valence-electron chi connectivity index (χ4n) is 2.75. The first-order valence-electron chi connectivity index (χ1n) is 7.43. The summed E-state index contributed by atoms with van der Waals surface area (Å²) in [4.78, 5) is 2.08. The van der Waals surface area contributed by atoms with Crippen LogP contribution in [-0.2, 0) is 12.7 Å². The molecule has 1 unspecified atom stereocenters. The van der Waals surface area contributed by atoms with Crippen molar-refractivity contribution in [2.24, 2.45) is 0 Å². The fraction of sp³-hybridized carbons (Fsp3) is 0.625. The number of nitrogens with one attached hydrogen (secondary N) is 1. The molecule has 1 aromatic carbocycles. The maximum Gasteiger partial charge on any atom is 0.416 e. The van der Waals surface area contributed by atoms with Crippen LogP contribution in [0.4, 0.5) is 13.2 Å². The van der Waals surface area contributed by atoms with E-state index >= 15 is 0 Å². The van der Waals surface area contributed by atoms with Crippen LogP contribution in [0, 0.1) is 0 Å². The molecule has 1 aliphatic heterocycles. The van der Waals surface area contributed by atoms with Crippen LogP contribution >= 0.6 is 0 Å². The first kappa shape index (κ1) is 16.3. The molecule has 5 heteroatoms. The second-order valence-electron chi connectivity index (χ2n) is 6.16. The minimum absolute atomic E-state index is 0.0966. The molecular weight excluding hydrogens is 277 g/mol. The Hall–Kier alpha value is -1.07. The number of hydrogen-bond donors (Lipinski definition) is 1. The summed E-state index contributed by atoms with van der Waals surface area (Å²) < 4.78 is 39.9. The van der Waals surface area contributed by atoms with Crippen LogP contribution in [0.25, 0.3) is 0 Å². The summed E-state index contributed by atoms with van der Waals surface area (Å²) in [6.07, 6.45) is -4.29. The molecule has 0 aliphatic carbocycles. The van der Waals surface area contributed by atoms with Crippen molar-refractivity contribution in [3.05, 3.63) is 34.9 Å². The molecule has 1 aromatic rings. The molecule has 0 amide bonds. The van der Waals surface area contributed by atoms with Gasteiger partial charge >= 0.3 is 6.18 Å². The third-order valence-corrected chi connectivity index (χ3v) is 3.95. The minimum Gasteiger partial charge on any atom is -0.312 e. The maximum atomic E-state index is 13.3. The quantitative estimate of drug-likeness (QED) is 0.917. The van der Waals surface area contributed by atoms with E-state index in [-0.39, 0.29) is 5.92 Å². The van der Waals surface area contributed by atoms with Crippen molar-refractivity contribution in [2.45, 2.75) is 45.5 Å². The van der Waals surface area contributed by atoms with Crippen LogP contribution < -0.4 is 5.32 Å². The normalized spacial score (nSPS) is 21.0. The molecule has 2 rings (SSSR count). The Kier molecular flexibility index (Phi) is 4.94. The van der Waals surface area contributed by atoms with Crippen molar-refractivity contribution in [3.8, 4) is 0 Å². The predicted molar refractivity (Wildman–Crippen MR) is 78.3 cm³/mol. The lowest BCUT2D eigenvalue weighted by Crippen LogP contribution is -2.48. The lowest BCUT2D eigenvalue weighted by molar-refractivity contribution is -0.138. The van der Waals surface area contributed by atoms with E-state index in [9.17, 15) is 13.2 Å². The van der Waals surface area contributed by atoms with Gasteiger partial charge in [0.15, 0.2) is 0 Å². The summed E-state index contributed by atoms with van der Waals surface area (Å²) in [6.45, 7) is 8.63. The van der Waals surface area contributed by atoms with Crippen molar-refractivity contribution in [1.29, 1.82) is 0 Å². The highest BCUT2D eigenvalue weighted by atomic mass is 19.4. The van der Waals surface area contributed by atoms with E-state index in [1.807, 2.05) is 19.9 Å². The van der Waals surface area contributed by atoms with Gasteiger partial charge in [-0.2, -0.15) is 13.2 Å². The zero-order valence-corrected chi connectivity index (χ0v) is 12.8. The van der Waals surface area contributed by atoms with Gasteiger partial charge in [-0.25, -0.2) is 0 Å². The zero-order valence-electron chi connectivity index (χ0n) is 12.8. The highest BCUT2D eigenvalue weighted by Gasteiger charge is 2.34. The molecule has 1 atom stereocenters. The van der Waals surface area contributed by atoms with Crippen molar-refractivity contribution in [1.82, 2.24) is 10.2 Å². The average Bonchev–Trinajstić information content (AvgIpc) is 2.37.